The molecule has 126 valence electrons. The highest BCUT2D eigenvalue weighted by atomic mass is 32.2. The second kappa shape index (κ2) is 7.65. The van der Waals surface area contributed by atoms with Crippen LogP contribution in [-0.2, 0) is 10.0 Å². The van der Waals surface area contributed by atoms with Gasteiger partial charge in [-0.2, -0.15) is 0 Å². The first-order chi connectivity index (χ1) is 11.5. The van der Waals surface area contributed by atoms with Gasteiger partial charge in [-0.3, -0.25) is 9.52 Å². The number of carbonyl (C=O) groups excluding carboxylic acids is 1. The van der Waals surface area contributed by atoms with Gasteiger partial charge >= 0.3 is 0 Å². The molecule has 0 fully saturated rings. The summed E-state index contributed by atoms with van der Waals surface area (Å²) in [6.45, 7) is 3.86. The first-order valence-corrected chi connectivity index (χ1v) is 8.60. The third-order valence-electron chi connectivity index (χ3n) is 3.16. The second-order valence-electron chi connectivity index (χ2n) is 4.86. The number of nitrogens with one attached hydrogen (secondary N) is 2. The summed E-state index contributed by atoms with van der Waals surface area (Å²) in [5.41, 5.74) is 0.763. The molecule has 0 aromatic heterocycles. The first-order valence-electron chi connectivity index (χ1n) is 7.12. The minimum atomic E-state index is -3.75. The van der Waals surface area contributed by atoms with Crippen LogP contribution < -0.4 is 14.8 Å². The summed E-state index contributed by atoms with van der Waals surface area (Å²) in [4.78, 5) is 11.8. The summed E-state index contributed by atoms with van der Waals surface area (Å²) in [5, 5.41) is 2.62. The first kappa shape index (κ1) is 17.6. The zero-order chi connectivity index (χ0) is 17.6. The topological polar surface area (TPSA) is 84.5 Å². The predicted molar refractivity (Wildman–Crippen MR) is 92.8 cm³/mol. The minimum absolute atomic E-state index is 0.0607. The lowest BCUT2D eigenvalue weighted by molar-refractivity contribution is 0.0958. The van der Waals surface area contributed by atoms with Crippen LogP contribution in [-0.4, -0.2) is 28.0 Å². The molecule has 0 spiro atoms. The van der Waals surface area contributed by atoms with Gasteiger partial charge in [0.25, 0.3) is 15.9 Å². The van der Waals surface area contributed by atoms with Crippen LogP contribution in [0.2, 0.25) is 0 Å². The molecule has 0 saturated heterocycles. The van der Waals surface area contributed by atoms with Crippen molar-refractivity contribution < 1.29 is 17.9 Å². The fourth-order valence-electron chi connectivity index (χ4n) is 1.95. The number of rotatable bonds is 7. The van der Waals surface area contributed by atoms with Crippen LogP contribution in [0.5, 0.6) is 5.75 Å². The van der Waals surface area contributed by atoms with Gasteiger partial charge in [-0.1, -0.05) is 12.1 Å². The number of carbonyl (C=O) groups is 1. The smallest absolute Gasteiger partial charge is 0.261 e. The number of hydrogen-bond acceptors (Lipinski definition) is 4. The molecule has 0 aliphatic carbocycles. The minimum Gasteiger partial charge on any atom is -0.497 e. The van der Waals surface area contributed by atoms with Crippen molar-refractivity contribution in [3.8, 4) is 5.75 Å². The molecule has 0 atom stereocenters. The van der Waals surface area contributed by atoms with Gasteiger partial charge in [-0.15, -0.1) is 6.58 Å². The van der Waals surface area contributed by atoms with E-state index in [2.05, 4.69) is 16.6 Å². The largest absolute Gasteiger partial charge is 0.497 e. The molecule has 6 nitrogen and oxygen atoms in total. The second-order valence-corrected chi connectivity index (χ2v) is 6.54. The summed E-state index contributed by atoms with van der Waals surface area (Å²) in [7, 11) is -2.25. The quantitative estimate of drug-likeness (QED) is 0.754. The van der Waals surface area contributed by atoms with Gasteiger partial charge in [0.05, 0.1) is 17.7 Å². The molecule has 0 radical (unpaired) electrons. The number of sulfonamides is 1. The van der Waals surface area contributed by atoms with Gasteiger partial charge in [0.15, 0.2) is 0 Å². The number of benzene rings is 2. The molecule has 0 saturated carbocycles. The molecule has 2 N–H and O–H groups in total. The Bertz CT molecular complexity index is 830. The molecule has 0 aliphatic rings. The van der Waals surface area contributed by atoms with Crippen molar-refractivity contribution in [2.75, 3.05) is 18.4 Å². The maximum absolute atomic E-state index is 12.4. The lowest BCUT2D eigenvalue weighted by Gasteiger charge is -2.10. The summed E-state index contributed by atoms with van der Waals surface area (Å²) in [6, 6.07) is 12.3. The van der Waals surface area contributed by atoms with E-state index in [4.69, 9.17) is 4.74 Å². The van der Waals surface area contributed by atoms with E-state index in [-0.39, 0.29) is 10.8 Å². The Balaban J connectivity index is 2.17. The van der Waals surface area contributed by atoms with Crippen molar-refractivity contribution in [3.05, 3.63) is 66.7 Å². The van der Waals surface area contributed by atoms with Crippen LogP contribution in [0, 0.1) is 0 Å². The third kappa shape index (κ3) is 4.36. The summed E-state index contributed by atoms with van der Waals surface area (Å²) in [5.74, 6) is 0.254. The zero-order valence-electron chi connectivity index (χ0n) is 13.2. The van der Waals surface area contributed by atoms with Crippen LogP contribution in [0.1, 0.15) is 10.4 Å². The average Bonchev–Trinajstić information content (AvgIpc) is 2.59. The fraction of sp³-hybridized carbons (Fsp3) is 0.118. The van der Waals surface area contributed by atoms with Gasteiger partial charge in [0, 0.05) is 18.2 Å². The lowest BCUT2D eigenvalue weighted by Crippen LogP contribution is -2.23. The molecular formula is C17H18N2O4S. The molecular weight excluding hydrogens is 328 g/mol. The van der Waals surface area contributed by atoms with E-state index in [0.29, 0.717) is 23.5 Å². The van der Waals surface area contributed by atoms with E-state index < -0.39 is 10.0 Å². The summed E-state index contributed by atoms with van der Waals surface area (Å²) >= 11 is 0. The molecule has 2 aromatic rings. The normalized spacial score (nSPS) is 10.7. The lowest BCUT2D eigenvalue weighted by atomic mass is 10.2. The highest BCUT2D eigenvalue weighted by molar-refractivity contribution is 7.92. The van der Waals surface area contributed by atoms with Crippen molar-refractivity contribution in [2.45, 2.75) is 4.90 Å². The van der Waals surface area contributed by atoms with Crippen LogP contribution >= 0.6 is 0 Å². The number of anilines is 1. The van der Waals surface area contributed by atoms with E-state index >= 15 is 0 Å². The summed E-state index contributed by atoms with van der Waals surface area (Å²) < 4.78 is 32.3. The average molecular weight is 346 g/mol. The van der Waals surface area contributed by atoms with Crippen LogP contribution in [0.15, 0.2) is 66.1 Å². The molecule has 2 aromatic carbocycles. The monoisotopic (exact) mass is 346 g/mol. The van der Waals surface area contributed by atoms with E-state index in [9.17, 15) is 13.2 Å². The Morgan fingerprint density at radius 1 is 1.21 bits per heavy atom. The van der Waals surface area contributed by atoms with E-state index in [0.717, 1.165) is 0 Å². The van der Waals surface area contributed by atoms with Crippen molar-refractivity contribution >= 4 is 21.6 Å². The molecule has 0 heterocycles. The SMILES string of the molecule is C=CCNC(=O)c1ccc(S(=O)(=O)Nc2cccc(OC)c2)cc1. The van der Waals surface area contributed by atoms with Gasteiger partial charge in [-0.25, -0.2) is 8.42 Å². The Kier molecular flexibility index (Phi) is 5.59. The summed E-state index contributed by atoms with van der Waals surface area (Å²) in [6.07, 6.45) is 1.56. The van der Waals surface area contributed by atoms with E-state index in [1.165, 1.54) is 31.4 Å². The maximum atomic E-state index is 12.4. The molecule has 2 rings (SSSR count). The highest BCUT2D eigenvalue weighted by Gasteiger charge is 2.15. The van der Waals surface area contributed by atoms with Crippen LogP contribution in [0.25, 0.3) is 0 Å². The van der Waals surface area contributed by atoms with Crippen molar-refractivity contribution in [3.63, 3.8) is 0 Å². The van der Waals surface area contributed by atoms with E-state index in [1.807, 2.05) is 0 Å². The van der Waals surface area contributed by atoms with E-state index in [1.54, 1.807) is 30.3 Å². The Morgan fingerprint density at radius 3 is 2.54 bits per heavy atom. The highest BCUT2D eigenvalue weighted by Crippen LogP contribution is 2.20. The predicted octanol–water partition coefficient (Wildman–Crippen LogP) is 2.41. The Hall–Kier alpha value is -2.80. The zero-order valence-corrected chi connectivity index (χ0v) is 14.0. The number of methoxy groups -OCH3 is 1. The number of hydrogen-bond donors (Lipinski definition) is 2. The third-order valence-corrected chi connectivity index (χ3v) is 4.55. The fourth-order valence-corrected chi connectivity index (χ4v) is 3.00. The maximum Gasteiger partial charge on any atom is 0.261 e. The Labute approximate surface area is 141 Å². The molecule has 0 unspecified atom stereocenters. The van der Waals surface area contributed by atoms with Crippen LogP contribution in [0.4, 0.5) is 5.69 Å². The molecule has 0 bridgehead atoms. The van der Waals surface area contributed by atoms with Crippen molar-refractivity contribution in [2.24, 2.45) is 0 Å². The molecule has 1 amide bonds. The van der Waals surface area contributed by atoms with Crippen LogP contribution in [0.3, 0.4) is 0 Å². The number of amides is 1. The molecule has 0 aliphatic heterocycles. The van der Waals surface area contributed by atoms with Gasteiger partial charge in [0.2, 0.25) is 0 Å². The molecule has 24 heavy (non-hydrogen) atoms. The molecule has 7 heteroatoms. The van der Waals surface area contributed by atoms with Crippen molar-refractivity contribution in [1.82, 2.24) is 5.32 Å². The number of ether oxygens (including phenoxy) is 1. The standard InChI is InChI=1S/C17H18N2O4S/c1-3-11-18-17(20)13-7-9-16(10-8-13)24(21,22)19-14-5-4-6-15(12-14)23-2/h3-10,12,19H,1,11H2,2H3,(H,18,20). The van der Waals surface area contributed by atoms with Gasteiger partial charge < -0.3 is 10.1 Å². The van der Waals surface area contributed by atoms with Crippen molar-refractivity contribution in [1.29, 1.82) is 0 Å². The van der Waals surface area contributed by atoms with Gasteiger partial charge in [-0.05, 0) is 36.4 Å². The van der Waals surface area contributed by atoms with Gasteiger partial charge in [0.1, 0.15) is 5.75 Å². The Morgan fingerprint density at radius 2 is 1.92 bits per heavy atom.